The first-order valence-corrected chi connectivity index (χ1v) is 13.4. The molecule has 2 aliphatic rings. The highest BCUT2D eigenvalue weighted by molar-refractivity contribution is 5.76. The first kappa shape index (κ1) is 24.6. The molecule has 0 unspecified atom stereocenters. The van der Waals surface area contributed by atoms with Crippen LogP contribution in [0.3, 0.4) is 0 Å². The third kappa shape index (κ3) is 6.97. The van der Waals surface area contributed by atoms with Gasteiger partial charge in [0.1, 0.15) is 12.3 Å². The van der Waals surface area contributed by atoms with Gasteiger partial charge in [-0.05, 0) is 80.4 Å². The van der Waals surface area contributed by atoms with Gasteiger partial charge in [-0.1, -0.05) is 42.5 Å². The van der Waals surface area contributed by atoms with Gasteiger partial charge in [0.05, 0.1) is 6.61 Å². The fourth-order valence-corrected chi connectivity index (χ4v) is 5.56. The van der Waals surface area contributed by atoms with Gasteiger partial charge in [0, 0.05) is 37.9 Å². The number of likely N-dealkylation sites (tertiary alicyclic amines) is 2. The number of piperidine rings is 2. The van der Waals surface area contributed by atoms with E-state index in [0.29, 0.717) is 19.1 Å². The zero-order chi connectivity index (χ0) is 24.6. The van der Waals surface area contributed by atoms with Crippen LogP contribution < -0.4 is 4.74 Å². The molecule has 6 nitrogen and oxygen atoms in total. The zero-order valence-electron chi connectivity index (χ0n) is 21.2. The smallest absolute Gasteiger partial charge is 0.244 e. The average molecular weight is 487 g/mol. The van der Waals surface area contributed by atoms with E-state index in [1.54, 1.807) is 10.9 Å². The highest BCUT2D eigenvalue weighted by atomic mass is 16.5. The molecule has 190 valence electrons. The second-order valence-electron chi connectivity index (χ2n) is 10.4. The number of carbonyl (C=O) groups is 1. The van der Waals surface area contributed by atoms with E-state index in [0.717, 1.165) is 57.2 Å². The van der Waals surface area contributed by atoms with E-state index in [1.165, 1.54) is 30.4 Å². The summed E-state index contributed by atoms with van der Waals surface area (Å²) in [5, 5.41) is 4.16. The van der Waals surface area contributed by atoms with Crippen LogP contribution in [0.4, 0.5) is 0 Å². The first-order chi connectivity index (χ1) is 17.7. The van der Waals surface area contributed by atoms with Crippen LogP contribution in [0, 0.1) is 11.8 Å². The topological polar surface area (TPSA) is 50.6 Å². The summed E-state index contributed by atoms with van der Waals surface area (Å²) < 4.78 is 7.91. The van der Waals surface area contributed by atoms with Crippen LogP contribution in [0.15, 0.2) is 73.1 Å². The molecule has 2 fully saturated rings. The fraction of sp³-hybridized carbons (Fsp3) is 0.467. The Hall–Kier alpha value is -3.12. The molecular formula is C30H38N4O2. The summed E-state index contributed by atoms with van der Waals surface area (Å²) in [4.78, 5) is 17.2. The summed E-state index contributed by atoms with van der Waals surface area (Å²) in [7, 11) is 0. The molecule has 0 N–H and O–H groups in total. The van der Waals surface area contributed by atoms with Crippen molar-refractivity contribution < 1.29 is 9.53 Å². The number of nitrogens with zero attached hydrogens (tertiary/aromatic N) is 4. The molecule has 36 heavy (non-hydrogen) atoms. The van der Waals surface area contributed by atoms with E-state index in [9.17, 15) is 4.79 Å². The van der Waals surface area contributed by atoms with Crippen molar-refractivity contribution in [1.82, 2.24) is 19.6 Å². The second kappa shape index (κ2) is 12.2. The minimum absolute atomic E-state index is 0.137. The lowest BCUT2D eigenvalue weighted by atomic mass is 9.90. The SMILES string of the molecule is O=C(Cn1cccn1)N1CCC[C@H](COc2cccc(CN3CCC(Cc4ccccc4)CC3)c2)C1. The highest BCUT2D eigenvalue weighted by Crippen LogP contribution is 2.24. The molecule has 1 atom stereocenters. The van der Waals surface area contributed by atoms with Gasteiger partial charge in [-0.15, -0.1) is 0 Å². The minimum atomic E-state index is 0.137. The molecule has 3 aromatic rings. The summed E-state index contributed by atoms with van der Waals surface area (Å²) in [6.45, 7) is 5.85. The van der Waals surface area contributed by atoms with Crippen molar-refractivity contribution in [2.24, 2.45) is 11.8 Å². The lowest BCUT2D eigenvalue weighted by molar-refractivity contribution is -0.134. The van der Waals surface area contributed by atoms with Gasteiger partial charge in [-0.2, -0.15) is 5.10 Å². The molecule has 5 rings (SSSR count). The van der Waals surface area contributed by atoms with Crippen LogP contribution in [-0.2, 0) is 24.3 Å². The van der Waals surface area contributed by atoms with E-state index < -0.39 is 0 Å². The zero-order valence-corrected chi connectivity index (χ0v) is 21.2. The number of amides is 1. The number of aromatic nitrogens is 2. The van der Waals surface area contributed by atoms with Crippen LogP contribution in [0.25, 0.3) is 0 Å². The van der Waals surface area contributed by atoms with E-state index >= 15 is 0 Å². The standard InChI is InChI=1S/C30H38N4O2/c35-30(23-34-16-6-14-31-34)33-15-5-10-28(22-33)24-36-29-11-4-9-27(20-29)21-32-17-12-26(13-18-32)19-25-7-2-1-3-8-25/h1-4,6-9,11,14,16,20,26,28H,5,10,12-13,15,17-19,21-24H2/t28-/m0/s1. The maximum atomic E-state index is 12.7. The maximum absolute atomic E-state index is 12.7. The van der Waals surface area contributed by atoms with Gasteiger partial charge in [0.15, 0.2) is 0 Å². The molecule has 6 heteroatoms. The number of benzene rings is 2. The van der Waals surface area contributed by atoms with Crippen LogP contribution in [0.1, 0.15) is 36.8 Å². The highest BCUT2D eigenvalue weighted by Gasteiger charge is 2.24. The first-order valence-electron chi connectivity index (χ1n) is 13.4. The molecule has 3 heterocycles. The number of ether oxygens (including phenoxy) is 1. The van der Waals surface area contributed by atoms with Crippen molar-refractivity contribution in [1.29, 1.82) is 0 Å². The predicted octanol–water partition coefficient (Wildman–Crippen LogP) is 4.66. The largest absolute Gasteiger partial charge is 0.493 e. The molecule has 1 aromatic heterocycles. The number of hydrogen-bond donors (Lipinski definition) is 0. The molecule has 0 aliphatic carbocycles. The number of carbonyl (C=O) groups excluding carboxylic acids is 1. The van der Waals surface area contributed by atoms with Crippen molar-refractivity contribution in [2.75, 3.05) is 32.8 Å². The quantitative estimate of drug-likeness (QED) is 0.442. The van der Waals surface area contributed by atoms with E-state index in [-0.39, 0.29) is 5.91 Å². The Labute approximate surface area is 214 Å². The van der Waals surface area contributed by atoms with E-state index in [4.69, 9.17) is 4.74 Å². The monoisotopic (exact) mass is 486 g/mol. The lowest BCUT2D eigenvalue weighted by Crippen LogP contribution is -2.43. The van der Waals surface area contributed by atoms with Crippen LogP contribution >= 0.6 is 0 Å². The van der Waals surface area contributed by atoms with Crippen molar-refractivity contribution in [3.8, 4) is 5.75 Å². The summed E-state index contributed by atoms with van der Waals surface area (Å²) in [5.41, 5.74) is 2.78. The molecule has 1 amide bonds. The Bertz CT molecular complexity index is 1080. The van der Waals surface area contributed by atoms with Crippen LogP contribution in [-0.4, -0.2) is 58.3 Å². The Kier molecular flexibility index (Phi) is 8.34. The Morgan fingerprint density at radius 2 is 1.75 bits per heavy atom. The number of hydrogen-bond acceptors (Lipinski definition) is 4. The van der Waals surface area contributed by atoms with Crippen molar-refractivity contribution in [2.45, 2.75) is 45.2 Å². The maximum Gasteiger partial charge on any atom is 0.244 e. The van der Waals surface area contributed by atoms with E-state index in [2.05, 4.69) is 64.6 Å². The molecule has 2 aliphatic heterocycles. The second-order valence-corrected chi connectivity index (χ2v) is 10.4. The summed E-state index contributed by atoms with van der Waals surface area (Å²) in [6.07, 6.45) is 9.41. The van der Waals surface area contributed by atoms with Gasteiger partial charge in [-0.3, -0.25) is 14.4 Å². The summed E-state index contributed by atoms with van der Waals surface area (Å²) in [6, 6.07) is 21.3. The van der Waals surface area contributed by atoms with Gasteiger partial charge in [-0.25, -0.2) is 0 Å². The Morgan fingerprint density at radius 3 is 2.56 bits per heavy atom. The Morgan fingerprint density at radius 1 is 0.917 bits per heavy atom. The van der Waals surface area contributed by atoms with Crippen molar-refractivity contribution >= 4 is 5.91 Å². The molecule has 2 saturated heterocycles. The van der Waals surface area contributed by atoms with Crippen molar-refractivity contribution in [3.05, 3.63) is 84.2 Å². The van der Waals surface area contributed by atoms with Crippen LogP contribution in [0.2, 0.25) is 0 Å². The molecule has 0 radical (unpaired) electrons. The molecule has 2 aromatic carbocycles. The molecule has 0 saturated carbocycles. The van der Waals surface area contributed by atoms with Gasteiger partial charge >= 0.3 is 0 Å². The molecular weight excluding hydrogens is 448 g/mol. The minimum Gasteiger partial charge on any atom is -0.493 e. The summed E-state index contributed by atoms with van der Waals surface area (Å²) in [5.74, 6) is 2.23. The van der Waals surface area contributed by atoms with Gasteiger partial charge in [0.2, 0.25) is 5.91 Å². The van der Waals surface area contributed by atoms with E-state index in [1.807, 2.05) is 17.2 Å². The van der Waals surface area contributed by atoms with Gasteiger partial charge in [0.25, 0.3) is 0 Å². The predicted molar refractivity (Wildman–Crippen MR) is 142 cm³/mol. The Balaban J connectivity index is 1.06. The van der Waals surface area contributed by atoms with Crippen molar-refractivity contribution in [3.63, 3.8) is 0 Å². The molecule has 0 spiro atoms. The normalized spacial score (nSPS) is 19.3. The van der Waals surface area contributed by atoms with Gasteiger partial charge < -0.3 is 9.64 Å². The molecule has 0 bridgehead atoms. The third-order valence-electron chi connectivity index (χ3n) is 7.59. The fourth-order valence-electron chi connectivity index (χ4n) is 5.56. The van der Waals surface area contributed by atoms with Crippen LogP contribution in [0.5, 0.6) is 5.75 Å². The number of rotatable bonds is 9. The summed E-state index contributed by atoms with van der Waals surface area (Å²) >= 11 is 0. The lowest BCUT2D eigenvalue weighted by Gasteiger charge is -2.33. The third-order valence-corrected chi connectivity index (χ3v) is 7.59. The average Bonchev–Trinajstić information content (AvgIpc) is 3.43.